The van der Waals surface area contributed by atoms with Gasteiger partial charge in [-0.2, -0.15) is 0 Å². The molecule has 3 aliphatic rings. The molecule has 2 fully saturated rings. The minimum atomic E-state index is -0.302. The first-order valence-electron chi connectivity index (χ1n) is 8.95. The van der Waals surface area contributed by atoms with Crippen molar-refractivity contribution in [3.05, 3.63) is 22.8 Å². The summed E-state index contributed by atoms with van der Waals surface area (Å²) in [4.78, 5) is 11.1. The molecule has 1 spiro atoms. The lowest BCUT2D eigenvalue weighted by Crippen LogP contribution is -2.28. The van der Waals surface area contributed by atoms with Crippen molar-refractivity contribution in [3.63, 3.8) is 0 Å². The zero-order valence-electron chi connectivity index (χ0n) is 14.8. The second-order valence-electron chi connectivity index (χ2n) is 8.82. The maximum Gasteiger partial charge on any atom is 0.293 e. The van der Waals surface area contributed by atoms with Gasteiger partial charge in [-0.3, -0.25) is 4.79 Å². The summed E-state index contributed by atoms with van der Waals surface area (Å²) in [6.45, 7) is 9.04. The van der Waals surface area contributed by atoms with Crippen molar-refractivity contribution in [1.29, 1.82) is 0 Å². The third-order valence-electron chi connectivity index (χ3n) is 6.91. The van der Waals surface area contributed by atoms with E-state index in [1.165, 1.54) is 0 Å². The number of aromatic hydroxyl groups is 2. The van der Waals surface area contributed by atoms with Gasteiger partial charge in [0.15, 0.2) is 11.5 Å². The Kier molecular flexibility index (Phi) is 3.08. The van der Waals surface area contributed by atoms with E-state index >= 15 is 0 Å². The molecule has 1 aromatic rings. The number of ether oxygens (including phenoxy) is 1. The summed E-state index contributed by atoms with van der Waals surface area (Å²) in [6.07, 6.45) is 2.93. The van der Waals surface area contributed by atoms with Crippen molar-refractivity contribution >= 4 is 6.47 Å². The molecule has 0 bridgehead atoms. The van der Waals surface area contributed by atoms with Gasteiger partial charge in [-0.1, -0.05) is 34.1 Å². The highest BCUT2D eigenvalue weighted by atomic mass is 16.5. The number of hydrogen-bond donors (Lipinski definition) is 2. The molecule has 4 rings (SSSR count). The molecular formula is C20H26O4. The maximum absolute atomic E-state index is 11.1. The number of fused-ring (bicyclic) bond motifs is 2. The fourth-order valence-corrected chi connectivity index (χ4v) is 6.12. The molecule has 130 valence electrons. The minimum Gasteiger partial charge on any atom is -0.504 e. The lowest BCUT2D eigenvalue weighted by Gasteiger charge is -2.36. The van der Waals surface area contributed by atoms with Crippen LogP contribution >= 0.6 is 0 Å². The molecule has 24 heavy (non-hydrogen) atoms. The monoisotopic (exact) mass is 330 g/mol. The molecule has 4 heteroatoms. The summed E-state index contributed by atoms with van der Waals surface area (Å²) in [5, 5.41) is 21.4. The highest BCUT2D eigenvalue weighted by molar-refractivity contribution is 5.66. The molecule has 0 saturated heterocycles. The van der Waals surface area contributed by atoms with Crippen LogP contribution in [0.3, 0.4) is 0 Å². The van der Waals surface area contributed by atoms with Crippen molar-refractivity contribution in [3.8, 4) is 11.5 Å². The average Bonchev–Trinajstić information content (AvgIpc) is 3.11. The van der Waals surface area contributed by atoms with E-state index < -0.39 is 0 Å². The molecule has 0 heterocycles. The van der Waals surface area contributed by atoms with E-state index in [0.717, 1.165) is 36.0 Å². The molecule has 2 saturated carbocycles. The van der Waals surface area contributed by atoms with Crippen LogP contribution in [0.1, 0.15) is 75.7 Å². The fourth-order valence-electron chi connectivity index (χ4n) is 6.12. The van der Waals surface area contributed by atoms with Crippen molar-refractivity contribution in [1.82, 2.24) is 0 Å². The van der Waals surface area contributed by atoms with Gasteiger partial charge in [-0.05, 0) is 36.2 Å². The van der Waals surface area contributed by atoms with Crippen molar-refractivity contribution in [2.24, 2.45) is 17.3 Å². The van der Waals surface area contributed by atoms with Gasteiger partial charge in [0.05, 0.1) is 0 Å². The Morgan fingerprint density at radius 1 is 1.25 bits per heavy atom. The molecule has 3 aliphatic carbocycles. The van der Waals surface area contributed by atoms with E-state index in [0.29, 0.717) is 12.4 Å². The van der Waals surface area contributed by atoms with Crippen LogP contribution in [0.15, 0.2) is 6.07 Å². The first-order chi connectivity index (χ1) is 11.3. The van der Waals surface area contributed by atoms with Gasteiger partial charge in [0.2, 0.25) is 0 Å². The summed E-state index contributed by atoms with van der Waals surface area (Å²) in [7, 11) is 0. The molecule has 0 aromatic heterocycles. The molecule has 1 aromatic carbocycles. The summed E-state index contributed by atoms with van der Waals surface area (Å²) >= 11 is 0. The summed E-state index contributed by atoms with van der Waals surface area (Å²) in [5.74, 6) is 0.719. The highest BCUT2D eigenvalue weighted by Gasteiger charge is 2.78. The predicted octanol–water partition coefficient (Wildman–Crippen LogP) is 4.14. The first kappa shape index (κ1) is 15.8. The number of benzene rings is 1. The van der Waals surface area contributed by atoms with E-state index in [1.807, 2.05) is 19.9 Å². The van der Waals surface area contributed by atoms with Gasteiger partial charge in [0.25, 0.3) is 6.47 Å². The largest absolute Gasteiger partial charge is 0.504 e. The molecule has 0 radical (unpaired) electrons. The van der Waals surface area contributed by atoms with Crippen LogP contribution in [0.25, 0.3) is 0 Å². The fraction of sp³-hybridized carbons (Fsp3) is 0.650. The quantitative estimate of drug-likeness (QED) is 0.645. The van der Waals surface area contributed by atoms with Crippen molar-refractivity contribution < 1.29 is 19.7 Å². The van der Waals surface area contributed by atoms with Crippen LogP contribution < -0.4 is 0 Å². The lowest BCUT2D eigenvalue weighted by molar-refractivity contribution is -0.135. The minimum absolute atomic E-state index is 0.00217. The smallest absolute Gasteiger partial charge is 0.293 e. The Balaban J connectivity index is 1.94. The van der Waals surface area contributed by atoms with Gasteiger partial charge in [0, 0.05) is 28.0 Å². The third-order valence-corrected chi connectivity index (χ3v) is 6.91. The van der Waals surface area contributed by atoms with E-state index in [9.17, 15) is 15.0 Å². The standard InChI is InChI=1S/C20H26O4/c1-10(2)11-8-12-13(16(23)15(11)22)20-7-5-6-19(3,4)18(20)14(20)17(12)24-9-21/h8-10,14,17-18,22-23H,5-7H2,1-4H3/t14?,17-,18?,20-/m1/s1. The molecule has 2 unspecified atom stereocenters. The van der Waals surface area contributed by atoms with Crippen molar-refractivity contribution in [2.45, 2.75) is 64.4 Å². The molecule has 0 amide bonds. The number of carbonyl (C=O) groups excluding carboxylic acids is 1. The normalized spacial score (nSPS) is 35.1. The Hall–Kier alpha value is -1.71. The molecule has 4 atom stereocenters. The highest BCUT2D eigenvalue weighted by Crippen LogP contribution is 2.81. The SMILES string of the molecule is CC(C)c1cc2c(c(O)c1O)[C@@]13CCCC(C)(C)C1C3[C@@H]2OC=O. The van der Waals surface area contributed by atoms with E-state index in [1.54, 1.807) is 0 Å². The Labute approximate surface area is 142 Å². The van der Waals surface area contributed by atoms with Crippen LogP contribution in [0.5, 0.6) is 11.5 Å². The zero-order valence-corrected chi connectivity index (χ0v) is 14.8. The van der Waals surface area contributed by atoms with Crippen LogP contribution in [0, 0.1) is 17.3 Å². The second-order valence-corrected chi connectivity index (χ2v) is 8.82. The predicted molar refractivity (Wildman–Crippen MR) is 90.0 cm³/mol. The summed E-state index contributed by atoms with van der Waals surface area (Å²) in [5.41, 5.74) is 2.49. The average molecular weight is 330 g/mol. The summed E-state index contributed by atoms with van der Waals surface area (Å²) in [6, 6.07) is 1.95. The van der Waals surface area contributed by atoms with Crippen LogP contribution in [0.4, 0.5) is 0 Å². The van der Waals surface area contributed by atoms with Crippen LogP contribution in [-0.2, 0) is 14.9 Å². The number of phenolic OH excluding ortho intramolecular Hbond substituents is 2. The molecule has 4 nitrogen and oxygen atoms in total. The molecule has 2 N–H and O–H groups in total. The number of carbonyl (C=O) groups is 1. The Morgan fingerprint density at radius 2 is 1.96 bits per heavy atom. The lowest BCUT2D eigenvalue weighted by atomic mass is 9.69. The topological polar surface area (TPSA) is 66.8 Å². The van der Waals surface area contributed by atoms with E-state index in [-0.39, 0.29) is 40.3 Å². The van der Waals surface area contributed by atoms with Crippen molar-refractivity contribution in [2.75, 3.05) is 0 Å². The number of hydrogen-bond acceptors (Lipinski definition) is 4. The van der Waals surface area contributed by atoms with Gasteiger partial charge < -0.3 is 14.9 Å². The number of rotatable bonds is 3. The van der Waals surface area contributed by atoms with E-state index in [4.69, 9.17) is 4.74 Å². The van der Waals surface area contributed by atoms with Gasteiger partial charge in [-0.15, -0.1) is 0 Å². The first-order valence-corrected chi connectivity index (χ1v) is 8.95. The van der Waals surface area contributed by atoms with Crippen LogP contribution in [0.2, 0.25) is 0 Å². The van der Waals surface area contributed by atoms with Crippen LogP contribution in [-0.4, -0.2) is 16.7 Å². The number of phenols is 2. The zero-order chi connectivity index (χ0) is 17.4. The summed E-state index contributed by atoms with van der Waals surface area (Å²) < 4.78 is 5.52. The Bertz CT molecular complexity index is 721. The van der Waals surface area contributed by atoms with E-state index in [2.05, 4.69) is 13.8 Å². The second kappa shape index (κ2) is 4.68. The molecular weight excluding hydrogens is 304 g/mol. The third kappa shape index (κ3) is 1.67. The Morgan fingerprint density at radius 3 is 2.58 bits per heavy atom. The van der Waals surface area contributed by atoms with Gasteiger partial charge in [0.1, 0.15) is 6.10 Å². The molecule has 0 aliphatic heterocycles. The maximum atomic E-state index is 11.1. The van der Waals surface area contributed by atoms with Gasteiger partial charge in [-0.25, -0.2) is 0 Å². The van der Waals surface area contributed by atoms with Gasteiger partial charge >= 0.3 is 0 Å².